The number of carbonyl (C=O) groups is 1. The summed E-state index contributed by atoms with van der Waals surface area (Å²) in [5.41, 5.74) is 0.505. The number of aromatic hydroxyl groups is 3. The summed E-state index contributed by atoms with van der Waals surface area (Å²) in [4.78, 5) is 12.9. The van der Waals surface area contributed by atoms with Crippen LogP contribution in [0.5, 0.6) is 28.7 Å². The molecule has 0 aliphatic carbocycles. The smallest absolute Gasteiger partial charge is 0.229 e. The summed E-state index contributed by atoms with van der Waals surface area (Å²) >= 11 is 0. The number of rotatable bonds is 4. The highest BCUT2D eigenvalue weighted by molar-refractivity contribution is 6.04. The minimum absolute atomic E-state index is 0.00541. The van der Waals surface area contributed by atoms with Gasteiger partial charge in [0.15, 0.2) is 5.78 Å². The van der Waals surface area contributed by atoms with Gasteiger partial charge < -0.3 is 50.0 Å². The van der Waals surface area contributed by atoms with Crippen LogP contribution in [0.2, 0.25) is 0 Å². The monoisotopic (exact) mass is 478 g/mol. The molecule has 184 valence electrons. The Morgan fingerprint density at radius 2 is 1.74 bits per heavy atom. The van der Waals surface area contributed by atoms with Crippen LogP contribution in [0.1, 0.15) is 39.6 Å². The second kappa shape index (κ2) is 8.93. The number of phenols is 3. The number of hydrogen-bond donors (Lipinski definition) is 7. The van der Waals surface area contributed by atoms with Gasteiger partial charge in [-0.1, -0.05) is 0 Å². The van der Waals surface area contributed by atoms with Crippen LogP contribution in [0.25, 0.3) is 0 Å². The summed E-state index contributed by atoms with van der Waals surface area (Å²) in [6.45, 7) is 2.37. The van der Waals surface area contributed by atoms with E-state index in [9.17, 15) is 40.5 Å². The third-order valence-electron chi connectivity index (χ3n) is 6.19. The Morgan fingerprint density at radius 3 is 2.41 bits per heavy atom. The van der Waals surface area contributed by atoms with Crippen LogP contribution in [-0.4, -0.2) is 78.8 Å². The average molecular weight is 478 g/mol. The molecule has 6 atom stereocenters. The Morgan fingerprint density at radius 1 is 1.03 bits per heavy atom. The van der Waals surface area contributed by atoms with Crippen molar-refractivity contribution in [2.45, 2.75) is 57.1 Å². The Bertz CT molecular complexity index is 1110. The molecule has 4 rings (SSSR count). The van der Waals surface area contributed by atoms with Crippen molar-refractivity contribution in [3.8, 4) is 28.7 Å². The lowest BCUT2D eigenvalue weighted by Crippen LogP contribution is -2.60. The number of carbonyl (C=O) groups excluding carboxylic acids is 1. The molecule has 1 fully saturated rings. The molecule has 0 saturated carbocycles. The van der Waals surface area contributed by atoms with Gasteiger partial charge in [-0.2, -0.15) is 0 Å². The molecular weight excluding hydrogens is 452 g/mol. The first-order chi connectivity index (χ1) is 16.0. The molecule has 2 heterocycles. The maximum Gasteiger partial charge on any atom is 0.229 e. The summed E-state index contributed by atoms with van der Waals surface area (Å²) < 4.78 is 17.1. The van der Waals surface area contributed by atoms with Gasteiger partial charge in [0, 0.05) is 16.7 Å². The highest BCUT2D eigenvalue weighted by Crippen LogP contribution is 2.49. The molecule has 2 aliphatic heterocycles. The van der Waals surface area contributed by atoms with E-state index >= 15 is 0 Å². The molecule has 0 bridgehead atoms. The van der Waals surface area contributed by atoms with Gasteiger partial charge in [-0.25, -0.2) is 0 Å². The fourth-order valence-electron chi connectivity index (χ4n) is 4.27. The molecule has 11 heteroatoms. The minimum Gasteiger partial charge on any atom is -0.508 e. The van der Waals surface area contributed by atoms with Crippen molar-refractivity contribution < 1.29 is 54.8 Å². The van der Waals surface area contributed by atoms with Crippen molar-refractivity contribution in [3.05, 3.63) is 40.5 Å². The number of ketones is 1. The van der Waals surface area contributed by atoms with E-state index in [1.165, 1.54) is 25.1 Å². The molecule has 2 aromatic rings. The van der Waals surface area contributed by atoms with Crippen LogP contribution in [0, 0.1) is 13.8 Å². The standard InChI is InChI=1S/C23H26O11/c1-8-17(28)16-13(27)6-14(11-5-10(25)3-4-12(11)26)32-22(16)9(2)21(8)34-23-20(31)19(30)18(29)15(7-24)33-23/h3-5,14-15,18-20,23-26,28-31H,6-7H2,1-2H3/t14-,15?,18?,19?,20?,23?/m0/s1. The third kappa shape index (κ3) is 3.91. The lowest BCUT2D eigenvalue weighted by molar-refractivity contribution is -0.277. The van der Waals surface area contributed by atoms with E-state index in [0.717, 1.165) is 0 Å². The van der Waals surface area contributed by atoms with Gasteiger partial charge in [-0.15, -0.1) is 0 Å². The largest absolute Gasteiger partial charge is 0.508 e. The SMILES string of the molecule is Cc1c(O)c2c(c(C)c1OC1OC(CO)C(O)C(O)C1O)O[C@H](c1cc(O)ccc1O)CC2=O. The van der Waals surface area contributed by atoms with Gasteiger partial charge >= 0.3 is 0 Å². The Labute approximate surface area is 194 Å². The minimum atomic E-state index is -1.69. The second-order valence-corrected chi connectivity index (χ2v) is 8.42. The summed E-state index contributed by atoms with van der Waals surface area (Å²) in [5.74, 6) is -1.22. The molecule has 2 aromatic carbocycles. The van der Waals surface area contributed by atoms with E-state index in [0.29, 0.717) is 0 Å². The molecule has 0 amide bonds. The second-order valence-electron chi connectivity index (χ2n) is 8.42. The zero-order valence-electron chi connectivity index (χ0n) is 18.4. The van der Waals surface area contributed by atoms with Crippen LogP contribution in [0.4, 0.5) is 0 Å². The van der Waals surface area contributed by atoms with E-state index in [1.54, 1.807) is 6.92 Å². The Kier molecular flexibility index (Phi) is 6.32. The molecule has 0 radical (unpaired) electrons. The van der Waals surface area contributed by atoms with Crippen molar-refractivity contribution in [2.75, 3.05) is 6.61 Å². The van der Waals surface area contributed by atoms with Gasteiger partial charge in [-0.05, 0) is 32.0 Å². The van der Waals surface area contributed by atoms with E-state index in [2.05, 4.69) is 0 Å². The highest BCUT2D eigenvalue weighted by atomic mass is 16.7. The van der Waals surface area contributed by atoms with E-state index in [1.807, 2.05) is 0 Å². The lowest BCUT2D eigenvalue weighted by atomic mass is 9.91. The zero-order valence-corrected chi connectivity index (χ0v) is 18.4. The Balaban J connectivity index is 1.73. The first kappa shape index (κ1) is 24.0. The normalized spacial score (nSPS) is 28.8. The van der Waals surface area contributed by atoms with Crippen molar-refractivity contribution in [1.82, 2.24) is 0 Å². The molecule has 1 saturated heterocycles. The van der Waals surface area contributed by atoms with E-state index < -0.39 is 54.9 Å². The first-order valence-electron chi connectivity index (χ1n) is 10.6. The van der Waals surface area contributed by atoms with Crippen LogP contribution in [0.3, 0.4) is 0 Å². The van der Waals surface area contributed by atoms with Crippen molar-refractivity contribution >= 4 is 5.78 Å². The predicted octanol–water partition coefficient (Wildman–Crippen LogP) is 0.305. The molecule has 0 aromatic heterocycles. The molecule has 11 nitrogen and oxygen atoms in total. The van der Waals surface area contributed by atoms with Crippen molar-refractivity contribution in [2.24, 2.45) is 0 Å². The zero-order chi connectivity index (χ0) is 24.9. The van der Waals surface area contributed by atoms with Gasteiger partial charge in [0.1, 0.15) is 64.8 Å². The number of hydrogen-bond acceptors (Lipinski definition) is 11. The molecular formula is C23H26O11. The third-order valence-corrected chi connectivity index (χ3v) is 6.19. The highest BCUT2D eigenvalue weighted by Gasteiger charge is 2.45. The van der Waals surface area contributed by atoms with Gasteiger partial charge in [0.05, 0.1) is 13.0 Å². The number of aliphatic hydroxyl groups is 4. The maximum atomic E-state index is 12.9. The molecule has 2 aliphatic rings. The van der Waals surface area contributed by atoms with E-state index in [-0.39, 0.29) is 51.7 Å². The number of Topliss-reactive ketones (excluding diaryl/α,β-unsaturated/α-hetero) is 1. The Hall–Kier alpha value is -3.09. The van der Waals surface area contributed by atoms with Crippen LogP contribution in [-0.2, 0) is 4.74 Å². The fraction of sp³-hybridized carbons (Fsp3) is 0.435. The predicted molar refractivity (Wildman–Crippen MR) is 114 cm³/mol. The average Bonchev–Trinajstić information content (AvgIpc) is 2.81. The van der Waals surface area contributed by atoms with Crippen molar-refractivity contribution in [1.29, 1.82) is 0 Å². The first-order valence-corrected chi connectivity index (χ1v) is 10.6. The maximum absolute atomic E-state index is 12.9. The summed E-state index contributed by atoms with van der Waals surface area (Å²) in [6.07, 6.45) is -8.82. The van der Waals surface area contributed by atoms with Gasteiger partial charge in [-0.3, -0.25) is 4.79 Å². The topological polar surface area (TPSA) is 186 Å². The van der Waals surface area contributed by atoms with Crippen LogP contribution < -0.4 is 9.47 Å². The summed E-state index contributed by atoms with van der Waals surface area (Å²) in [5, 5.41) is 70.5. The number of ether oxygens (including phenoxy) is 3. The van der Waals surface area contributed by atoms with Gasteiger partial charge in [0.2, 0.25) is 6.29 Å². The quantitative estimate of drug-likeness (QED) is 0.300. The van der Waals surface area contributed by atoms with Crippen LogP contribution >= 0.6 is 0 Å². The number of phenolic OH excluding ortho intramolecular Hbond substituents is 3. The molecule has 7 N–H and O–H groups in total. The summed E-state index contributed by atoms with van der Waals surface area (Å²) in [7, 11) is 0. The molecule has 34 heavy (non-hydrogen) atoms. The molecule has 5 unspecified atom stereocenters. The fourth-order valence-corrected chi connectivity index (χ4v) is 4.27. The molecule has 0 spiro atoms. The lowest BCUT2D eigenvalue weighted by Gasteiger charge is -2.40. The number of aliphatic hydroxyl groups excluding tert-OH is 4. The van der Waals surface area contributed by atoms with E-state index in [4.69, 9.17) is 14.2 Å². The van der Waals surface area contributed by atoms with Crippen molar-refractivity contribution in [3.63, 3.8) is 0 Å². The number of benzene rings is 2. The van der Waals surface area contributed by atoms with Gasteiger partial charge in [0.25, 0.3) is 0 Å². The number of fused-ring (bicyclic) bond motifs is 1. The van der Waals surface area contributed by atoms with Crippen LogP contribution in [0.15, 0.2) is 18.2 Å². The summed E-state index contributed by atoms with van der Waals surface area (Å²) in [6, 6.07) is 3.82.